The number of carbonyl (C=O) groups excluding carboxylic acids is 4. The van der Waals surface area contributed by atoms with E-state index in [9.17, 15) is 19.2 Å². The summed E-state index contributed by atoms with van der Waals surface area (Å²) >= 11 is 3.33. The molecular weight excluding hydrogens is 738 g/mol. The van der Waals surface area contributed by atoms with Crippen LogP contribution in [0.2, 0.25) is 0 Å². The molecule has 53 heavy (non-hydrogen) atoms. The van der Waals surface area contributed by atoms with Crippen LogP contribution in [0, 0.1) is 0 Å². The topological polar surface area (TPSA) is 148 Å². The van der Waals surface area contributed by atoms with Crippen molar-refractivity contribution in [1.29, 1.82) is 0 Å². The molecule has 0 aliphatic carbocycles. The Morgan fingerprint density at radius 2 is 0.830 bits per heavy atom. The number of aromatic nitrogens is 1. The number of rotatable bonds is 7. The largest absolute Gasteiger partial charge is 0.444 e. The standard InChI is InChI=1S/C23H23N3O3.C18H19BrN2O3/c1-23(2,3)29-22(28)26-20-7-5-4-6-19(20)25-21(27)18-10-8-16(9-11-18)17-12-14-24-15-13-17;1-18(2,3)24-17(23)21-15-7-5-4-6-14(15)20-16(22)12-8-10-13(19)11-9-12/h4-15H,1-3H3,(H,25,27)(H,26,28);4-11H,1-3H3,(H,20,22)(H,21,23). The van der Waals surface area contributed by atoms with Crippen molar-refractivity contribution in [2.75, 3.05) is 21.3 Å². The summed E-state index contributed by atoms with van der Waals surface area (Å²) in [5, 5.41) is 10.9. The maximum Gasteiger partial charge on any atom is 0.412 e. The molecule has 1 aromatic heterocycles. The average molecular weight is 781 g/mol. The Bertz CT molecular complexity index is 2020. The lowest BCUT2D eigenvalue weighted by molar-refractivity contribution is 0.0624. The lowest BCUT2D eigenvalue weighted by Crippen LogP contribution is -2.27. The second-order valence-corrected chi connectivity index (χ2v) is 14.5. The third-order valence-electron chi connectivity index (χ3n) is 6.89. The van der Waals surface area contributed by atoms with Gasteiger partial charge in [0.1, 0.15) is 11.2 Å². The van der Waals surface area contributed by atoms with E-state index in [0.717, 1.165) is 15.6 Å². The number of benzene rings is 4. The number of pyridine rings is 1. The van der Waals surface area contributed by atoms with Crippen molar-refractivity contribution in [2.45, 2.75) is 52.7 Å². The van der Waals surface area contributed by atoms with E-state index in [2.05, 4.69) is 42.2 Å². The minimum absolute atomic E-state index is 0.263. The molecule has 0 radical (unpaired) electrons. The van der Waals surface area contributed by atoms with Gasteiger partial charge in [0.25, 0.3) is 11.8 Å². The molecule has 4 amide bonds. The summed E-state index contributed by atoms with van der Waals surface area (Å²) < 4.78 is 11.4. The maximum absolute atomic E-state index is 12.7. The Kier molecular flexibility index (Phi) is 13.5. The van der Waals surface area contributed by atoms with Crippen molar-refractivity contribution in [2.24, 2.45) is 0 Å². The van der Waals surface area contributed by atoms with Gasteiger partial charge in [-0.15, -0.1) is 0 Å². The molecule has 0 spiro atoms. The first-order valence-electron chi connectivity index (χ1n) is 16.6. The van der Waals surface area contributed by atoms with E-state index in [1.54, 1.807) is 139 Å². The molecule has 0 fully saturated rings. The Morgan fingerprint density at radius 3 is 1.21 bits per heavy atom. The predicted molar refractivity (Wildman–Crippen MR) is 212 cm³/mol. The van der Waals surface area contributed by atoms with Gasteiger partial charge in [0.2, 0.25) is 0 Å². The first-order chi connectivity index (χ1) is 25.1. The Hall–Kier alpha value is -6.01. The summed E-state index contributed by atoms with van der Waals surface area (Å²) in [6, 6.07) is 32.0. The summed E-state index contributed by atoms with van der Waals surface area (Å²) in [5.74, 6) is -0.536. The van der Waals surface area contributed by atoms with E-state index in [0.29, 0.717) is 33.9 Å². The number of ether oxygens (including phenoxy) is 2. The normalized spacial score (nSPS) is 10.8. The molecule has 0 aliphatic rings. The fourth-order valence-electron chi connectivity index (χ4n) is 4.58. The van der Waals surface area contributed by atoms with Crippen LogP contribution in [-0.2, 0) is 9.47 Å². The van der Waals surface area contributed by atoms with E-state index < -0.39 is 23.4 Å². The second-order valence-electron chi connectivity index (χ2n) is 13.6. The Morgan fingerprint density at radius 1 is 0.491 bits per heavy atom. The molecule has 0 aliphatic heterocycles. The highest BCUT2D eigenvalue weighted by molar-refractivity contribution is 9.10. The van der Waals surface area contributed by atoms with Crippen molar-refractivity contribution < 1.29 is 28.7 Å². The highest BCUT2D eigenvalue weighted by Gasteiger charge is 2.19. The number of nitrogens with zero attached hydrogens (tertiary/aromatic N) is 1. The highest BCUT2D eigenvalue weighted by Crippen LogP contribution is 2.25. The van der Waals surface area contributed by atoms with Crippen LogP contribution in [0.4, 0.5) is 32.3 Å². The quantitative estimate of drug-likeness (QED) is 0.128. The first kappa shape index (κ1) is 39.8. The highest BCUT2D eigenvalue weighted by atomic mass is 79.9. The lowest BCUT2D eigenvalue weighted by Gasteiger charge is -2.20. The van der Waals surface area contributed by atoms with E-state index >= 15 is 0 Å². The van der Waals surface area contributed by atoms with E-state index in [1.165, 1.54) is 0 Å². The molecule has 274 valence electrons. The second kappa shape index (κ2) is 18.0. The van der Waals surface area contributed by atoms with Gasteiger partial charge in [-0.25, -0.2) is 9.59 Å². The molecule has 4 aromatic carbocycles. The van der Waals surface area contributed by atoms with Crippen LogP contribution in [0.25, 0.3) is 11.1 Å². The third-order valence-corrected chi connectivity index (χ3v) is 7.42. The van der Waals surface area contributed by atoms with E-state index in [4.69, 9.17) is 9.47 Å². The van der Waals surface area contributed by atoms with Crippen LogP contribution in [0.3, 0.4) is 0 Å². The van der Waals surface area contributed by atoms with Crippen LogP contribution in [0.15, 0.2) is 126 Å². The minimum Gasteiger partial charge on any atom is -0.444 e. The van der Waals surface area contributed by atoms with Crippen LogP contribution in [-0.4, -0.2) is 40.2 Å². The van der Waals surface area contributed by atoms with Crippen molar-refractivity contribution in [3.63, 3.8) is 0 Å². The van der Waals surface area contributed by atoms with Crippen LogP contribution in [0.5, 0.6) is 0 Å². The fraction of sp³-hybridized carbons (Fsp3) is 0.195. The summed E-state index contributed by atoms with van der Waals surface area (Å²) in [6.07, 6.45) is 2.29. The van der Waals surface area contributed by atoms with Gasteiger partial charge in [-0.05, 0) is 125 Å². The fourth-order valence-corrected chi connectivity index (χ4v) is 4.84. The number of anilines is 4. The molecule has 11 nitrogen and oxygen atoms in total. The number of hydrogen-bond donors (Lipinski definition) is 4. The van der Waals surface area contributed by atoms with Crippen molar-refractivity contribution in [3.05, 3.63) is 137 Å². The molecule has 0 atom stereocenters. The molecule has 0 saturated heterocycles. The molecule has 0 bridgehead atoms. The molecule has 4 N–H and O–H groups in total. The maximum atomic E-state index is 12.7. The number of halogens is 1. The molecule has 5 aromatic rings. The minimum atomic E-state index is -0.612. The van der Waals surface area contributed by atoms with Crippen molar-refractivity contribution in [1.82, 2.24) is 4.98 Å². The van der Waals surface area contributed by atoms with Crippen LogP contribution in [0.1, 0.15) is 62.3 Å². The zero-order valence-electron chi connectivity index (χ0n) is 30.3. The zero-order valence-corrected chi connectivity index (χ0v) is 31.9. The van der Waals surface area contributed by atoms with Gasteiger partial charge in [0.15, 0.2) is 0 Å². The van der Waals surface area contributed by atoms with Gasteiger partial charge in [-0.2, -0.15) is 0 Å². The van der Waals surface area contributed by atoms with Crippen molar-refractivity contribution in [3.8, 4) is 11.1 Å². The smallest absolute Gasteiger partial charge is 0.412 e. The van der Waals surface area contributed by atoms with Crippen molar-refractivity contribution >= 4 is 62.7 Å². The van der Waals surface area contributed by atoms with E-state index in [-0.39, 0.29) is 11.8 Å². The molecule has 0 saturated carbocycles. The molecule has 0 unspecified atom stereocenters. The number of para-hydroxylation sites is 4. The summed E-state index contributed by atoms with van der Waals surface area (Å²) in [5.41, 5.74) is 3.76. The van der Waals surface area contributed by atoms with Crippen LogP contribution >= 0.6 is 15.9 Å². The van der Waals surface area contributed by atoms with Gasteiger partial charge in [0, 0.05) is 28.0 Å². The first-order valence-corrected chi connectivity index (χ1v) is 17.4. The van der Waals surface area contributed by atoms with Gasteiger partial charge < -0.3 is 20.1 Å². The number of nitrogens with one attached hydrogen (secondary N) is 4. The average Bonchev–Trinajstić information content (AvgIpc) is 3.09. The van der Waals surface area contributed by atoms with Gasteiger partial charge in [-0.3, -0.25) is 25.2 Å². The number of carbonyl (C=O) groups is 4. The zero-order chi connectivity index (χ0) is 38.6. The molecule has 5 rings (SSSR count). The van der Waals surface area contributed by atoms with Gasteiger partial charge in [-0.1, -0.05) is 52.3 Å². The molecular formula is C41H42BrN5O6. The third kappa shape index (κ3) is 13.2. The van der Waals surface area contributed by atoms with E-state index in [1.807, 2.05) is 24.3 Å². The summed E-state index contributed by atoms with van der Waals surface area (Å²) in [7, 11) is 0. The monoisotopic (exact) mass is 779 g/mol. The number of hydrogen-bond acceptors (Lipinski definition) is 7. The summed E-state index contributed by atoms with van der Waals surface area (Å²) in [6.45, 7) is 10.7. The van der Waals surface area contributed by atoms with Gasteiger partial charge in [0.05, 0.1) is 22.7 Å². The lowest BCUT2D eigenvalue weighted by atomic mass is 10.0. The SMILES string of the molecule is CC(C)(C)OC(=O)Nc1ccccc1NC(=O)c1ccc(-c2ccncc2)cc1.CC(C)(C)OC(=O)Nc1ccccc1NC(=O)c1ccc(Br)cc1. The molecule has 12 heteroatoms. The number of amides is 4. The molecule has 1 heterocycles. The van der Waals surface area contributed by atoms with Gasteiger partial charge >= 0.3 is 12.2 Å². The van der Waals surface area contributed by atoms with Crippen LogP contribution < -0.4 is 21.3 Å². The Labute approximate surface area is 317 Å². The predicted octanol–water partition coefficient (Wildman–Crippen LogP) is 10.4. The summed E-state index contributed by atoms with van der Waals surface area (Å²) in [4.78, 5) is 53.0. The Balaban J connectivity index is 0.000000241.